The van der Waals surface area contributed by atoms with Crippen molar-refractivity contribution in [1.82, 2.24) is 14.9 Å². The molecule has 5 nitrogen and oxygen atoms in total. The van der Waals surface area contributed by atoms with E-state index < -0.39 is 0 Å². The molecular formula is C21H25N3O2. The normalized spacial score (nSPS) is 12.1. The molecule has 1 unspecified atom stereocenters. The molecule has 136 valence electrons. The fourth-order valence-corrected chi connectivity index (χ4v) is 2.80. The maximum atomic E-state index is 12.1. The number of aromatic nitrogens is 2. The minimum atomic E-state index is -0.156. The molecule has 3 rings (SSSR count). The van der Waals surface area contributed by atoms with Gasteiger partial charge in [0.2, 0.25) is 0 Å². The number of hydrogen-bond acceptors (Lipinski definition) is 3. The predicted molar refractivity (Wildman–Crippen MR) is 103 cm³/mol. The van der Waals surface area contributed by atoms with Gasteiger partial charge in [0.1, 0.15) is 11.6 Å². The second-order valence-corrected chi connectivity index (χ2v) is 6.52. The molecule has 26 heavy (non-hydrogen) atoms. The van der Waals surface area contributed by atoms with Crippen molar-refractivity contribution in [2.75, 3.05) is 6.61 Å². The molecule has 0 aliphatic rings. The molecule has 3 aromatic rings. The van der Waals surface area contributed by atoms with Crippen LogP contribution in [0.2, 0.25) is 0 Å². The summed E-state index contributed by atoms with van der Waals surface area (Å²) < 4.78 is 7.70. The first-order valence-corrected chi connectivity index (χ1v) is 9.06. The van der Waals surface area contributed by atoms with Gasteiger partial charge in [-0.05, 0) is 30.2 Å². The number of ether oxygens (including phenoxy) is 1. The fraction of sp³-hybridized carbons (Fsp3) is 0.333. The van der Waals surface area contributed by atoms with Gasteiger partial charge in [0, 0.05) is 6.54 Å². The lowest BCUT2D eigenvalue weighted by Gasteiger charge is -2.14. The summed E-state index contributed by atoms with van der Waals surface area (Å²) in [5, 5.41) is 2.91. The Morgan fingerprint density at radius 3 is 2.65 bits per heavy atom. The highest BCUT2D eigenvalue weighted by molar-refractivity contribution is 5.78. The fourth-order valence-electron chi connectivity index (χ4n) is 2.80. The zero-order valence-corrected chi connectivity index (χ0v) is 15.3. The summed E-state index contributed by atoms with van der Waals surface area (Å²) in [5.41, 5.74) is 2.07. The van der Waals surface area contributed by atoms with Gasteiger partial charge in [-0.3, -0.25) is 4.79 Å². The van der Waals surface area contributed by atoms with Gasteiger partial charge in [-0.2, -0.15) is 0 Å². The Hall–Kier alpha value is -2.82. The summed E-state index contributed by atoms with van der Waals surface area (Å²) >= 11 is 0. The number of carbonyl (C=O) groups excluding carboxylic acids is 1. The molecule has 1 heterocycles. The molecule has 0 saturated carbocycles. The van der Waals surface area contributed by atoms with Gasteiger partial charge in [-0.25, -0.2) is 4.98 Å². The summed E-state index contributed by atoms with van der Waals surface area (Å²) in [7, 11) is 0. The molecule has 5 heteroatoms. The Labute approximate surface area is 154 Å². The lowest BCUT2D eigenvalue weighted by molar-refractivity contribution is -0.123. The number of imidazole rings is 1. The van der Waals surface area contributed by atoms with E-state index in [2.05, 4.69) is 29.8 Å². The van der Waals surface area contributed by atoms with Gasteiger partial charge in [0.05, 0.1) is 17.6 Å². The lowest BCUT2D eigenvalue weighted by atomic mass is 10.1. The number of hydrogen-bond donors (Lipinski definition) is 1. The number of amides is 1. The van der Waals surface area contributed by atoms with Crippen molar-refractivity contribution in [3.8, 4) is 5.75 Å². The first-order valence-electron chi connectivity index (χ1n) is 9.06. The monoisotopic (exact) mass is 351 g/mol. The predicted octanol–water partition coefficient (Wildman–Crippen LogP) is 3.78. The van der Waals surface area contributed by atoms with Gasteiger partial charge in [0.15, 0.2) is 6.61 Å². The van der Waals surface area contributed by atoms with Crippen LogP contribution in [0.15, 0.2) is 54.6 Å². The van der Waals surface area contributed by atoms with E-state index in [1.807, 2.05) is 48.5 Å². The average Bonchev–Trinajstić information content (AvgIpc) is 3.03. The molecule has 1 aromatic heterocycles. The van der Waals surface area contributed by atoms with Crippen LogP contribution in [0.5, 0.6) is 5.75 Å². The second kappa shape index (κ2) is 8.52. The third-order valence-corrected chi connectivity index (χ3v) is 4.48. The standard InChI is InChI=1S/C21H25N3O2/c1-3-16(2)14-24-19-12-8-7-11-18(19)23-20(24)13-22-21(25)15-26-17-9-5-4-6-10-17/h4-12,16H,3,13-15H2,1-2H3,(H,22,25). The minimum Gasteiger partial charge on any atom is -0.484 e. The molecule has 0 radical (unpaired) electrons. The summed E-state index contributed by atoms with van der Waals surface area (Å²) in [6.07, 6.45) is 1.10. The van der Waals surface area contributed by atoms with Crippen LogP contribution < -0.4 is 10.1 Å². The van der Waals surface area contributed by atoms with E-state index in [0.29, 0.717) is 18.2 Å². The molecule has 2 aromatic carbocycles. The van der Waals surface area contributed by atoms with Gasteiger partial charge in [-0.1, -0.05) is 50.6 Å². The lowest BCUT2D eigenvalue weighted by Crippen LogP contribution is -2.29. The zero-order valence-electron chi connectivity index (χ0n) is 15.3. The van der Waals surface area contributed by atoms with Gasteiger partial charge in [0.25, 0.3) is 5.91 Å². The topological polar surface area (TPSA) is 56.2 Å². The van der Waals surface area contributed by atoms with Crippen LogP contribution in [0.4, 0.5) is 0 Å². The molecular weight excluding hydrogens is 326 g/mol. The van der Waals surface area contributed by atoms with Crippen LogP contribution in [0, 0.1) is 5.92 Å². The van der Waals surface area contributed by atoms with E-state index in [9.17, 15) is 4.79 Å². The van der Waals surface area contributed by atoms with Crippen molar-refractivity contribution in [2.45, 2.75) is 33.4 Å². The SMILES string of the molecule is CCC(C)Cn1c(CNC(=O)COc2ccccc2)nc2ccccc21. The van der Waals surface area contributed by atoms with Crippen LogP contribution >= 0.6 is 0 Å². The molecule has 0 bridgehead atoms. The third-order valence-electron chi connectivity index (χ3n) is 4.48. The van der Waals surface area contributed by atoms with Crippen molar-refractivity contribution in [3.05, 3.63) is 60.4 Å². The Kier molecular flexibility index (Phi) is 5.89. The molecule has 0 spiro atoms. The average molecular weight is 351 g/mol. The summed E-state index contributed by atoms with van der Waals surface area (Å²) in [5.74, 6) is 1.95. The highest BCUT2D eigenvalue weighted by Gasteiger charge is 2.13. The van der Waals surface area contributed by atoms with E-state index in [-0.39, 0.29) is 12.5 Å². The number of carbonyl (C=O) groups is 1. The van der Waals surface area contributed by atoms with E-state index in [1.165, 1.54) is 0 Å². The first-order chi connectivity index (χ1) is 12.7. The van der Waals surface area contributed by atoms with E-state index >= 15 is 0 Å². The van der Waals surface area contributed by atoms with Gasteiger partial charge >= 0.3 is 0 Å². The Morgan fingerprint density at radius 2 is 1.88 bits per heavy atom. The van der Waals surface area contributed by atoms with Gasteiger partial charge in [-0.15, -0.1) is 0 Å². The Balaban J connectivity index is 1.66. The van der Waals surface area contributed by atoms with Crippen LogP contribution in [0.3, 0.4) is 0 Å². The smallest absolute Gasteiger partial charge is 0.258 e. The quantitative estimate of drug-likeness (QED) is 0.672. The number of nitrogens with zero attached hydrogens (tertiary/aromatic N) is 2. The van der Waals surface area contributed by atoms with Crippen LogP contribution in [-0.2, 0) is 17.9 Å². The highest BCUT2D eigenvalue weighted by atomic mass is 16.5. The summed E-state index contributed by atoms with van der Waals surface area (Å²) in [6.45, 7) is 5.69. The Morgan fingerprint density at radius 1 is 1.15 bits per heavy atom. The number of nitrogens with one attached hydrogen (secondary N) is 1. The van der Waals surface area contributed by atoms with Crippen molar-refractivity contribution in [3.63, 3.8) is 0 Å². The second-order valence-electron chi connectivity index (χ2n) is 6.52. The van der Waals surface area contributed by atoms with Crippen molar-refractivity contribution in [2.24, 2.45) is 5.92 Å². The summed E-state index contributed by atoms with van der Waals surface area (Å²) in [6, 6.07) is 17.4. The maximum absolute atomic E-state index is 12.1. The number of rotatable bonds is 8. The largest absolute Gasteiger partial charge is 0.484 e. The van der Waals surface area contributed by atoms with Crippen molar-refractivity contribution < 1.29 is 9.53 Å². The van der Waals surface area contributed by atoms with Gasteiger partial charge < -0.3 is 14.6 Å². The van der Waals surface area contributed by atoms with Crippen LogP contribution in [0.1, 0.15) is 26.1 Å². The molecule has 1 amide bonds. The van der Waals surface area contributed by atoms with E-state index in [0.717, 1.165) is 29.8 Å². The zero-order chi connectivity index (χ0) is 18.4. The number of fused-ring (bicyclic) bond motifs is 1. The molecule has 1 atom stereocenters. The summed E-state index contributed by atoms with van der Waals surface area (Å²) in [4.78, 5) is 16.8. The molecule has 1 N–H and O–H groups in total. The maximum Gasteiger partial charge on any atom is 0.258 e. The molecule has 0 saturated heterocycles. The molecule has 0 aliphatic carbocycles. The molecule has 0 fully saturated rings. The molecule has 0 aliphatic heterocycles. The van der Waals surface area contributed by atoms with Crippen LogP contribution in [-0.4, -0.2) is 22.1 Å². The first kappa shape index (κ1) is 18.0. The van der Waals surface area contributed by atoms with Crippen molar-refractivity contribution in [1.29, 1.82) is 0 Å². The Bertz CT molecular complexity index is 858. The van der Waals surface area contributed by atoms with E-state index in [1.54, 1.807) is 0 Å². The number of benzene rings is 2. The minimum absolute atomic E-state index is 0.00436. The van der Waals surface area contributed by atoms with E-state index in [4.69, 9.17) is 9.72 Å². The van der Waals surface area contributed by atoms with Crippen LogP contribution in [0.25, 0.3) is 11.0 Å². The third kappa shape index (κ3) is 4.42. The number of para-hydroxylation sites is 3. The van der Waals surface area contributed by atoms with Crippen molar-refractivity contribution >= 4 is 16.9 Å². The highest BCUT2D eigenvalue weighted by Crippen LogP contribution is 2.19.